The van der Waals surface area contributed by atoms with Crippen LogP contribution in [0.4, 0.5) is 5.69 Å². The number of aromatic nitrogens is 1. The molecule has 0 spiro atoms. The van der Waals surface area contributed by atoms with Gasteiger partial charge in [-0.1, -0.05) is 12.1 Å². The molecule has 0 radical (unpaired) electrons. The van der Waals surface area contributed by atoms with Crippen molar-refractivity contribution in [3.63, 3.8) is 0 Å². The monoisotopic (exact) mass is 467 g/mol. The summed E-state index contributed by atoms with van der Waals surface area (Å²) in [7, 11) is 3.24. The molecule has 1 aliphatic rings. The zero-order chi connectivity index (χ0) is 24.2. The van der Waals surface area contributed by atoms with E-state index in [1.165, 1.54) is 5.56 Å². The van der Waals surface area contributed by atoms with E-state index in [9.17, 15) is 0 Å². The third kappa shape index (κ3) is 4.78. The molecule has 7 nitrogen and oxygen atoms in total. The first-order valence-electron chi connectivity index (χ1n) is 11.3. The third-order valence-electron chi connectivity index (χ3n) is 5.81. The van der Waals surface area contributed by atoms with Gasteiger partial charge in [0.15, 0.2) is 11.5 Å². The maximum absolute atomic E-state index is 6.22. The van der Waals surface area contributed by atoms with Crippen LogP contribution in [-0.2, 0) is 11.2 Å². The summed E-state index contributed by atoms with van der Waals surface area (Å²) in [5.41, 5.74) is 3.70. The van der Waals surface area contributed by atoms with Gasteiger partial charge in [-0.3, -0.25) is 4.98 Å². The first-order valence-corrected chi connectivity index (χ1v) is 11.3. The summed E-state index contributed by atoms with van der Waals surface area (Å²) in [6, 6.07) is 23.6. The van der Waals surface area contributed by atoms with Gasteiger partial charge in [-0.15, -0.1) is 0 Å². The van der Waals surface area contributed by atoms with Crippen molar-refractivity contribution >= 4 is 22.6 Å². The smallest absolute Gasteiger partial charge is 0.289 e. The highest BCUT2D eigenvalue weighted by molar-refractivity contribution is 5.92. The van der Waals surface area contributed by atoms with E-state index in [1.54, 1.807) is 20.4 Å². The molecule has 0 saturated heterocycles. The van der Waals surface area contributed by atoms with Crippen LogP contribution >= 0.6 is 0 Å². The lowest BCUT2D eigenvalue weighted by molar-refractivity contribution is 0.315. The number of aryl methyl sites for hydroxylation is 1. The second kappa shape index (κ2) is 9.82. The van der Waals surface area contributed by atoms with Crippen LogP contribution < -0.4 is 19.5 Å². The number of ether oxygens (including phenoxy) is 4. The Balaban J connectivity index is 1.30. The van der Waals surface area contributed by atoms with Gasteiger partial charge in [-0.2, -0.15) is 0 Å². The first-order chi connectivity index (χ1) is 17.1. The number of amidine groups is 1. The van der Waals surface area contributed by atoms with Crippen LogP contribution in [0.25, 0.3) is 10.9 Å². The van der Waals surface area contributed by atoms with Crippen molar-refractivity contribution in [1.29, 1.82) is 0 Å². The van der Waals surface area contributed by atoms with Crippen molar-refractivity contribution in [1.82, 2.24) is 4.98 Å². The highest BCUT2D eigenvalue weighted by Gasteiger charge is 2.20. The molecule has 2 heterocycles. The molecule has 0 fully saturated rings. The Labute approximate surface area is 204 Å². The highest BCUT2D eigenvalue weighted by atomic mass is 16.5. The summed E-state index contributed by atoms with van der Waals surface area (Å²) >= 11 is 0. The quantitative estimate of drug-likeness (QED) is 0.394. The highest BCUT2D eigenvalue weighted by Crippen LogP contribution is 2.41. The van der Waals surface area contributed by atoms with Crippen LogP contribution in [0.3, 0.4) is 0 Å². The molecule has 3 aromatic carbocycles. The number of hydrogen-bond acceptors (Lipinski definition) is 7. The minimum Gasteiger partial charge on any atom is -0.493 e. The van der Waals surface area contributed by atoms with E-state index < -0.39 is 0 Å². The summed E-state index contributed by atoms with van der Waals surface area (Å²) in [4.78, 5) is 9.12. The van der Waals surface area contributed by atoms with Gasteiger partial charge >= 0.3 is 0 Å². The topological polar surface area (TPSA) is 74.2 Å². The number of rotatable bonds is 7. The fraction of sp³-hybridized carbons (Fsp3) is 0.214. The molecule has 35 heavy (non-hydrogen) atoms. The van der Waals surface area contributed by atoms with Crippen molar-refractivity contribution in [2.24, 2.45) is 4.99 Å². The number of fused-ring (bicyclic) bond motifs is 1. The number of hydrogen-bond donors (Lipinski definition) is 1. The zero-order valence-electron chi connectivity index (χ0n) is 19.8. The molecule has 0 saturated carbocycles. The van der Waals surface area contributed by atoms with Crippen molar-refractivity contribution in [2.45, 2.75) is 19.4 Å². The van der Waals surface area contributed by atoms with E-state index in [0.29, 0.717) is 35.6 Å². The summed E-state index contributed by atoms with van der Waals surface area (Å²) < 4.78 is 23.0. The maximum Gasteiger partial charge on any atom is 0.289 e. The lowest BCUT2D eigenvalue weighted by Gasteiger charge is -2.16. The largest absolute Gasteiger partial charge is 0.493 e. The summed E-state index contributed by atoms with van der Waals surface area (Å²) in [5, 5.41) is 4.11. The molecule has 1 atom stereocenters. The Morgan fingerprint density at radius 1 is 1.06 bits per heavy atom. The van der Waals surface area contributed by atoms with Gasteiger partial charge in [0.2, 0.25) is 0 Å². The lowest BCUT2D eigenvalue weighted by Crippen LogP contribution is -2.11. The minimum atomic E-state index is 0.0785. The molecule has 5 rings (SSSR count). The molecular formula is C28H25N3O4. The van der Waals surface area contributed by atoms with Crippen LogP contribution in [-0.4, -0.2) is 37.9 Å². The third-order valence-corrected chi connectivity index (χ3v) is 5.81. The van der Waals surface area contributed by atoms with Gasteiger partial charge in [0.25, 0.3) is 6.02 Å². The molecule has 1 aromatic heterocycles. The van der Waals surface area contributed by atoms with Crippen molar-refractivity contribution in [3.05, 3.63) is 84.1 Å². The van der Waals surface area contributed by atoms with Crippen LogP contribution in [0.5, 0.6) is 23.0 Å². The van der Waals surface area contributed by atoms with E-state index >= 15 is 0 Å². The molecule has 7 heteroatoms. The molecule has 176 valence electrons. The average molecular weight is 468 g/mol. The van der Waals surface area contributed by atoms with Gasteiger partial charge in [0, 0.05) is 28.9 Å². The summed E-state index contributed by atoms with van der Waals surface area (Å²) in [6.45, 7) is 2.51. The van der Waals surface area contributed by atoms with Crippen molar-refractivity contribution in [2.75, 3.05) is 26.1 Å². The lowest BCUT2D eigenvalue weighted by atomic mass is 10.1. The number of methoxy groups -OCH3 is 2. The van der Waals surface area contributed by atoms with Gasteiger partial charge in [-0.05, 0) is 67.4 Å². The Morgan fingerprint density at radius 3 is 2.66 bits per heavy atom. The van der Waals surface area contributed by atoms with Crippen LogP contribution in [0, 0.1) is 19.1 Å². The molecule has 1 aliphatic heterocycles. The Bertz CT molecular complexity index is 1350. The van der Waals surface area contributed by atoms with Crippen LogP contribution in [0.15, 0.2) is 65.8 Å². The maximum atomic E-state index is 6.22. The molecular weight excluding hydrogens is 442 g/mol. The predicted molar refractivity (Wildman–Crippen MR) is 135 cm³/mol. The zero-order valence-corrected chi connectivity index (χ0v) is 19.8. The van der Waals surface area contributed by atoms with Crippen molar-refractivity contribution in [3.8, 4) is 23.0 Å². The van der Waals surface area contributed by atoms with Crippen molar-refractivity contribution < 1.29 is 18.9 Å². The molecule has 4 aromatic rings. The fourth-order valence-corrected chi connectivity index (χ4v) is 4.15. The van der Waals surface area contributed by atoms with Gasteiger partial charge in [0.1, 0.15) is 18.1 Å². The van der Waals surface area contributed by atoms with Gasteiger partial charge in [-0.25, -0.2) is 4.99 Å². The molecule has 0 amide bonds. The normalized spacial score (nSPS) is 14.6. The number of pyridine rings is 1. The van der Waals surface area contributed by atoms with Crippen LogP contribution in [0.1, 0.15) is 11.1 Å². The first kappa shape index (κ1) is 22.4. The Morgan fingerprint density at radius 2 is 1.91 bits per heavy atom. The number of aliphatic imine (C=N–C) groups is 1. The van der Waals surface area contributed by atoms with Crippen LogP contribution in [0.2, 0.25) is 0 Å². The molecule has 0 bridgehead atoms. The number of nitrogens with one attached hydrogen (secondary N) is 1. The Kier molecular flexibility index (Phi) is 6.27. The molecule has 1 N–H and O–H groups in total. The standard InChI is InChI=1S/C28H25N3O4/c1-18-26-23(16-25(32-2)27(18)33-3)29-14-13-24(26)35-22-11-9-20(10-12-22)30-28-31-21(17-34-28)15-19-7-5-4-6-8-19/h5,7-14,16,21H,15,17H2,1-3H3,(H,30,31). The van der Waals surface area contributed by atoms with E-state index in [-0.39, 0.29) is 6.04 Å². The van der Waals surface area contributed by atoms with E-state index in [1.807, 2.05) is 61.5 Å². The summed E-state index contributed by atoms with van der Waals surface area (Å²) in [5.74, 6) is 2.69. The molecule has 0 aliphatic carbocycles. The SMILES string of the molecule is COc1cc2nccc(Oc3ccc(NC4=NC(Cc5cc#ccc5)CO4)cc3)c2c(C)c1OC. The Hall–Kier alpha value is -4.44. The van der Waals surface area contributed by atoms with E-state index in [4.69, 9.17) is 18.9 Å². The van der Waals surface area contributed by atoms with E-state index in [0.717, 1.165) is 28.6 Å². The second-order valence-electron chi connectivity index (χ2n) is 8.14. The van der Waals surface area contributed by atoms with E-state index in [2.05, 4.69) is 27.4 Å². The fourth-order valence-electron chi connectivity index (χ4n) is 4.15. The number of anilines is 1. The predicted octanol–water partition coefficient (Wildman–Crippen LogP) is 5.36. The van der Waals surface area contributed by atoms with Gasteiger partial charge in [0.05, 0.1) is 25.8 Å². The van der Waals surface area contributed by atoms with Gasteiger partial charge < -0.3 is 24.3 Å². The number of nitrogens with zero attached hydrogens (tertiary/aromatic N) is 2. The average Bonchev–Trinajstić information content (AvgIpc) is 3.32. The second-order valence-corrected chi connectivity index (χ2v) is 8.14. The minimum absolute atomic E-state index is 0.0785. The summed E-state index contributed by atoms with van der Waals surface area (Å²) in [6.07, 6.45) is 2.52. The number of benzene rings is 2. The molecule has 1 unspecified atom stereocenters.